The van der Waals surface area contributed by atoms with E-state index in [2.05, 4.69) is 11.8 Å². The zero-order valence-electron chi connectivity index (χ0n) is 23.2. The van der Waals surface area contributed by atoms with Crippen LogP contribution in [0.4, 0.5) is 11.4 Å². The number of nitrogens with zero attached hydrogens (tertiary/aromatic N) is 4. The third-order valence-corrected chi connectivity index (χ3v) is 7.41. The maximum absolute atomic E-state index is 13.3. The topological polar surface area (TPSA) is 93.6 Å². The molecule has 2 heterocycles. The van der Waals surface area contributed by atoms with Crippen molar-refractivity contribution >= 4 is 27.4 Å². The minimum absolute atomic E-state index is 0.0344. The van der Waals surface area contributed by atoms with Crippen molar-refractivity contribution in [3.05, 3.63) is 108 Å². The van der Waals surface area contributed by atoms with Crippen molar-refractivity contribution in [1.82, 2.24) is 9.80 Å². The van der Waals surface area contributed by atoms with Gasteiger partial charge < -0.3 is 14.5 Å². The molecule has 0 spiro atoms. The quantitative estimate of drug-likeness (QED) is 0.354. The third kappa shape index (κ3) is 6.04. The average Bonchev–Trinajstić information content (AvgIpc) is 3.41. The number of anilines is 2. The van der Waals surface area contributed by atoms with Crippen molar-refractivity contribution in [2.24, 2.45) is 0 Å². The van der Waals surface area contributed by atoms with Crippen LogP contribution in [0.1, 0.15) is 12.5 Å². The number of likely N-dealkylation sites (N-methyl/N-ethyl adjacent to an activating group) is 1. The van der Waals surface area contributed by atoms with E-state index in [0.29, 0.717) is 5.70 Å². The molecule has 1 atom stereocenters. The van der Waals surface area contributed by atoms with Crippen LogP contribution >= 0.6 is 0 Å². The standard InChI is InChI=1S/C23H26N4O2.C7H8O3S/c1-5-26-18-13-9-10-14-20(18)29-21(26)16-15-19-22(28)27(17-11-7-6-8-12-17)23(24(2)3)25(19)4;1-6-2-4-7(5-3-6)11(8,9)10/h6-16,23H,5H2,1-4H3;2-5H,1H3,(H,8,9,10). The summed E-state index contributed by atoms with van der Waals surface area (Å²) in [4.78, 5) is 21.2. The summed E-state index contributed by atoms with van der Waals surface area (Å²) >= 11 is 0. The maximum Gasteiger partial charge on any atom is 0.294 e. The van der Waals surface area contributed by atoms with Gasteiger partial charge in [-0.05, 0) is 70.4 Å². The van der Waals surface area contributed by atoms with E-state index in [9.17, 15) is 13.2 Å². The molecule has 2 aliphatic heterocycles. The molecule has 0 bridgehead atoms. The number of amides is 1. The molecule has 1 fully saturated rings. The lowest BCUT2D eigenvalue weighted by molar-refractivity contribution is -0.114. The normalized spacial score (nSPS) is 18.7. The molecule has 1 unspecified atom stereocenters. The van der Waals surface area contributed by atoms with Gasteiger partial charge in [0.25, 0.3) is 16.0 Å². The number of hydrogen-bond acceptors (Lipinski definition) is 7. The van der Waals surface area contributed by atoms with Crippen LogP contribution < -0.4 is 14.5 Å². The highest BCUT2D eigenvalue weighted by molar-refractivity contribution is 7.85. The second-order valence-electron chi connectivity index (χ2n) is 9.59. The van der Waals surface area contributed by atoms with Crippen molar-refractivity contribution in [2.45, 2.75) is 25.0 Å². The molecule has 3 aromatic carbocycles. The van der Waals surface area contributed by atoms with Gasteiger partial charge in [0.1, 0.15) is 5.70 Å². The van der Waals surface area contributed by atoms with Gasteiger partial charge in [-0.15, -0.1) is 0 Å². The van der Waals surface area contributed by atoms with Crippen molar-refractivity contribution in [3.8, 4) is 5.75 Å². The van der Waals surface area contributed by atoms with Gasteiger partial charge >= 0.3 is 0 Å². The zero-order chi connectivity index (χ0) is 29.0. The summed E-state index contributed by atoms with van der Waals surface area (Å²) in [6.07, 6.45) is 3.54. The molecule has 9 nitrogen and oxygen atoms in total. The van der Waals surface area contributed by atoms with E-state index >= 15 is 0 Å². The van der Waals surface area contributed by atoms with Crippen molar-refractivity contribution < 1.29 is 22.5 Å². The summed E-state index contributed by atoms with van der Waals surface area (Å²) in [6.45, 7) is 4.71. The number of hydrogen-bond donors (Lipinski definition) is 1. The molecular weight excluding hydrogens is 528 g/mol. The first kappa shape index (κ1) is 28.9. The first-order valence-corrected chi connectivity index (χ1v) is 14.3. The van der Waals surface area contributed by atoms with Gasteiger partial charge in [0, 0.05) is 25.4 Å². The van der Waals surface area contributed by atoms with Crippen LogP contribution in [0, 0.1) is 6.92 Å². The second-order valence-corrected chi connectivity index (χ2v) is 11.0. The Morgan fingerprint density at radius 3 is 2.17 bits per heavy atom. The molecule has 1 amide bonds. The predicted octanol–water partition coefficient (Wildman–Crippen LogP) is 4.70. The van der Waals surface area contributed by atoms with E-state index in [1.165, 1.54) is 12.1 Å². The molecule has 1 saturated heterocycles. The lowest BCUT2D eigenvalue weighted by Crippen LogP contribution is -2.48. The average molecular weight is 563 g/mol. The Hall–Kier alpha value is -4.12. The number of aryl methyl sites for hydroxylation is 1. The Labute approximate surface area is 235 Å². The van der Waals surface area contributed by atoms with E-state index < -0.39 is 10.1 Å². The fourth-order valence-electron chi connectivity index (χ4n) is 4.65. The Bertz CT molecular complexity index is 1520. The lowest BCUT2D eigenvalue weighted by atomic mass is 10.2. The van der Waals surface area contributed by atoms with E-state index in [-0.39, 0.29) is 17.1 Å². The summed E-state index contributed by atoms with van der Waals surface area (Å²) in [6, 6.07) is 23.7. The number of fused-ring (bicyclic) bond motifs is 1. The highest BCUT2D eigenvalue weighted by Crippen LogP contribution is 2.38. The largest absolute Gasteiger partial charge is 0.439 e. The third-order valence-electron chi connectivity index (χ3n) is 6.55. The van der Waals surface area contributed by atoms with Gasteiger partial charge in [-0.1, -0.05) is 48.0 Å². The monoisotopic (exact) mass is 562 g/mol. The van der Waals surface area contributed by atoms with Crippen molar-refractivity contribution in [3.63, 3.8) is 0 Å². The number of rotatable bonds is 5. The van der Waals surface area contributed by atoms with Crippen LogP contribution in [0.3, 0.4) is 0 Å². The molecule has 3 aromatic rings. The first-order valence-electron chi connectivity index (χ1n) is 12.8. The first-order chi connectivity index (χ1) is 19.0. The van der Waals surface area contributed by atoms with E-state index in [1.54, 1.807) is 12.1 Å². The number of allylic oxidation sites excluding steroid dienone is 2. The van der Waals surface area contributed by atoms with Crippen LogP contribution in [0.2, 0.25) is 0 Å². The van der Waals surface area contributed by atoms with Gasteiger partial charge in [0.2, 0.25) is 5.88 Å². The molecule has 5 rings (SSSR count). The van der Waals surface area contributed by atoms with Gasteiger partial charge in [-0.2, -0.15) is 8.42 Å². The van der Waals surface area contributed by atoms with E-state index in [0.717, 1.165) is 35.1 Å². The molecule has 210 valence electrons. The molecule has 0 saturated carbocycles. The van der Waals surface area contributed by atoms with Gasteiger partial charge in [0.05, 0.1) is 10.6 Å². The summed E-state index contributed by atoms with van der Waals surface area (Å²) in [7, 11) is 1.87. The molecule has 1 N–H and O–H groups in total. The fourth-order valence-corrected chi connectivity index (χ4v) is 5.13. The Morgan fingerprint density at radius 1 is 0.950 bits per heavy atom. The van der Waals surface area contributed by atoms with Gasteiger partial charge in [0.15, 0.2) is 12.0 Å². The Morgan fingerprint density at radius 2 is 1.57 bits per heavy atom. The molecule has 0 aliphatic carbocycles. The summed E-state index contributed by atoms with van der Waals surface area (Å²) in [5.74, 6) is 1.52. The molecule has 2 aliphatic rings. The highest BCUT2D eigenvalue weighted by atomic mass is 32.2. The number of para-hydroxylation sites is 3. The van der Waals surface area contributed by atoms with E-state index in [4.69, 9.17) is 9.29 Å². The SMILES string of the molecule is CCN1C(=CC=C2C(=O)N(c3ccccc3)C(N(C)C)N2C)Oc2ccccc21.Cc1ccc(S(=O)(=O)O)cc1. The summed E-state index contributed by atoms with van der Waals surface area (Å²) in [5.41, 5.74) is 3.50. The highest BCUT2D eigenvalue weighted by Gasteiger charge is 2.41. The zero-order valence-corrected chi connectivity index (χ0v) is 24.0. The smallest absolute Gasteiger partial charge is 0.294 e. The van der Waals surface area contributed by atoms with Crippen LogP contribution in [-0.4, -0.2) is 62.7 Å². The van der Waals surface area contributed by atoms with Gasteiger partial charge in [-0.25, -0.2) is 0 Å². The van der Waals surface area contributed by atoms with Crippen molar-refractivity contribution in [1.29, 1.82) is 0 Å². The molecule has 10 heteroatoms. The van der Waals surface area contributed by atoms with Gasteiger partial charge in [-0.3, -0.25) is 19.1 Å². The minimum Gasteiger partial charge on any atom is -0.439 e. The molecule has 40 heavy (non-hydrogen) atoms. The van der Waals surface area contributed by atoms with Crippen LogP contribution in [0.5, 0.6) is 5.75 Å². The lowest BCUT2D eigenvalue weighted by Gasteiger charge is -2.33. The Balaban J connectivity index is 0.000000283. The van der Waals surface area contributed by atoms with Crippen molar-refractivity contribution in [2.75, 3.05) is 37.5 Å². The van der Waals surface area contributed by atoms with Crippen LogP contribution in [-0.2, 0) is 14.9 Å². The number of carbonyl (C=O) groups excluding carboxylic acids is 1. The minimum atomic E-state index is -4.02. The Kier molecular flexibility index (Phi) is 8.63. The predicted molar refractivity (Wildman–Crippen MR) is 156 cm³/mol. The molecular formula is C30H34N4O5S. The number of ether oxygens (including phenoxy) is 1. The number of carbonyl (C=O) groups is 1. The van der Waals surface area contributed by atoms with E-state index in [1.807, 2.05) is 110 Å². The van der Waals surface area contributed by atoms with Crippen LogP contribution in [0.15, 0.2) is 107 Å². The molecule has 0 radical (unpaired) electrons. The second kappa shape index (κ2) is 12.0. The summed E-state index contributed by atoms with van der Waals surface area (Å²) in [5, 5.41) is 0. The summed E-state index contributed by atoms with van der Waals surface area (Å²) < 4.78 is 35.6. The molecule has 0 aromatic heterocycles. The fraction of sp³-hybridized carbons (Fsp3) is 0.233. The van der Waals surface area contributed by atoms with Crippen LogP contribution in [0.25, 0.3) is 0 Å². The number of benzene rings is 3. The maximum atomic E-state index is 13.3.